The number of hydrogen-bond donors (Lipinski definition) is 1. The topological polar surface area (TPSA) is 54.2 Å². The third-order valence-corrected chi connectivity index (χ3v) is 3.92. The SMILES string of the molecule is CN(C)c1noc(CN[C@H](Cc2ccccc2)c2ccccc2F)n1. The van der Waals surface area contributed by atoms with Crippen molar-refractivity contribution in [1.29, 1.82) is 0 Å². The Morgan fingerprint density at radius 2 is 1.80 bits per heavy atom. The molecule has 0 aliphatic heterocycles. The Hall–Kier alpha value is -2.73. The summed E-state index contributed by atoms with van der Waals surface area (Å²) in [7, 11) is 3.69. The van der Waals surface area contributed by atoms with Crippen LogP contribution in [0.3, 0.4) is 0 Å². The van der Waals surface area contributed by atoms with Crippen molar-refractivity contribution in [1.82, 2.24) is 15.5 Å². The molecule has 1 aromatic heterocycles. The molecular formula is C19H21FN4O. The van der Waals surface area contributed by atoms with Gasteiger partial charge in [-0.3, -0.25) is 0 Å². The van der Waals surface area contributed by atoms with Gasteiger partial charge in [0.2, 0.25) is 5.89 Å². The summed E-state index contributed by atoms with van der Waals surface area (Å²) in [5.74, 6) is 0.760. The smallest absolute Gasteiger partial charge is 0.265 e. The van der Waals surface area contributed by atoms with E-state index in [1.54, 1.807) is 17.0 Å². The molecule has 0 unspecified atom stereocenters. The molecule has 0 aliphatic carbocycles. The fourth-order valence-electron chi connectivity index (χ4n) is 2.61. The molecule has 130 valence electrons. The summed E-state index contributed by atoms with van der Waals surface area (Å²) in [6.07, 6.45) is 0.663. The minimum atomic E-state index is -0.226. The molecule has 1 N–H and O–H groups in total. The zero-order chi connectivity index (χ0) is 17.6. The van der Waals surface area contributed by atoms with Crippen LogP contribution in [0.4, 0.5) is 10.3 Å². The maximum absolute atomic E-state index is 14.3. The van der Waals surface area contributed by atoms with Gasteiger partial charge >= 0.3 is 0 Å². The summed E-state index contributed by atoms with van der Waals surface area (Å²) >= 11 is 0. The van der Waals surface area contributed by atoms with Crippen molar-refractivity contribution < 1.29 is 8.91 Å². The van der Waals surface area contributed by atoms with Crippen LogP contribution < -0.4 is 10.2 Å². The highest BCUT2D eigenvalue weighted by atomic mass is 19.1. The zero-order valence-corrected chi connectivity index (χ0v) is 14.3. The summed E-state index contributed by atoms with van der Waals surface area (Å²) in [6.45, 7) is 0.368. The van der Waals surface area contributed by atoms with Crippen molar-refractivity contribution in [2.24, 2.45) is 0 Å². The molecule has 0 aliphatic rings. The predicted molar refractivity (Wildman–Crippen MR) is 94.8 cm³/mol. The van der Waals surface area contributed by atoms with Crippen LogP contribution in [-0.4, -0.2) is 24.2 Å². The fraction of sp³-hybridized carbons (Fsp3) is 0.263. The van der Waals surface area contributed by atoms with Crippen molar-refractivity contribution in [3.63, 3.8) is 0 Å². The first-order valence-electron chi connectivity index (χ1n) is 8.15. The largest absolute Gasteiger partial charge is 0.344 e. The Balaban J connectivity index is 1.77. The minimum absolute atomic E-state index is 0.196. The van der Waals surface area contributed by atoms with E-state index in [0.29, 0.717) is 30.4 Å². The van der Waals surface area contributed by atoms with Crippen molar-refractivity contribution in [2.45, 2.75) is 19.0 Å². The molecule has 2 aromatic carbocycles. The molecule has 3 rings (SSSR count). The minimum Gasteiger partial charge on any atom is -0.344 e. The fourth-order valence-corrected chi connectivity index (χ4v) is 2.61. The summed E-state index contributed by atoms with van der Waals surface area (Å²) in [6, 6.07) is 16.6. The summed E-state index contributed by atoms with van der Waals surface area (Å²) in [4.78, 5) is 6.07. The Morgan fingerprint density at radius 3 is 2.48 bits per heavy atom. The van der Waals surface area contributed by atoms with Crippen molar-refractivity contribution in [2.75, 3.05) is 19.0 Å². The second kappa shape index (κ2) is 7.90. The van der Waals surface area contributed by atoms with Gasteiger partial charge in [0.1, 0.15) is 5.82 Å². The Kier molecular flexibility index (Phi) is 5.40. The molecule has 3 aromatic rings. The van der Waals surface area contributed by atoms with Crippen molar-refractivity contribution in [3.8, 4) is 0 Å². The van der Waals surface area contributed by atoms with Gasteiger partial charge < -0.3 is 14.7 Å². The molecule has 1 heterocycles. The number of nitrogens with zero attached hydrogens (tertiary/aromatic N) is 3. The second-order valence-electron chi connectivity index (χ2n) is 6.03. The maximum Gasteiger partial charge on any atom is 0.265 e. The van der Waals surface area contributed by atoms with Crippen LogP contribution >= 0.6 is 0 Å². The normalized spacial score (nSPS) is 12.1. The van der Waals surface area contributed by atoms with E-state index in [0.717, 1.165) is 5.56 Å². The summed E-state index contributed by atoms with van der Waals surface area (Å²) in [5.41, 5.74) is 1.75. The molecule has 6 heteroatoms. The number of anilines is 1. The second-order valence-corrected chi connectivity index (χ2v) is 6.03. The van der Waals surface area contributed by atoms with Crippen molar-refractivity contribution >= 4 is 5.95 Å². The van der Waals surface area contributed by atoms with Gasteiger partial charge in [0, 0.05) is 25.7 Å². The number of benzene rings is 2. The van der Waals surface area contributed by atoms with E-state index in [-0.39, 0.29) is 11.9 Å². The molecule has 0 amide bonds. The molecule has 0 spiro atoms. The standard InChI is InChI=1S/C19H21FN4O/c1-24(2)19-22-18(25-23-19)13-21-17(12-14-8-4-3-5-9-14)15-10-6-7-11-16(15)20/h3-11,17,21H,12-13H2,1-2H3/t17-/m1/s1. The zero-order valence-electron chi connectivity index (χ0n) is 14.3. The lowest BCUT2D eigenvalue weighted by atomic mass is 9.98. The molecule has 5 nitrogen and oxygen atoms in total. The Bertz CT molecular complexity index is 804. The number of nitrogens with one attached hydrogen (secondary N) is 1. The van der Waals surface area contributed by atoms with Gasteiger partial charge in [0.25, 0.3) is 5.95 Å². The number of halogens is 1. The van der Waals surface area contributed by atoms with E-state index in [4.69, 9.17) is 4.52 Å². The quantitative estimate of drug-likeness (QED) is 0.715. The monoisotopic (exact) mass is 340 g/mol. The van der Waals surface area contributed by atoms with Crippen LogP contribution in [0.1, 0.15) is 23.1 Å². The van der Waals surface area contributed by atoms with E-state index < -0.39 is 0 Å². The number of hydrogen-bond acceptors (Lipinski definition) is 5. The van der Waals surface area contributed by atoms with Crippen molar-refractivity contribution in [3.05, 3.63) is 77.4 Å². The third kappa shape index (κ3) is 4.42. The van der Waals surface area contributed by atoms with Crippen LogP contribution in [-0.2, 0) is 13.0 Å². The molecule has 25 heavy (non-hydrogen) atoms. The maximum atomic E-state index is 14.3. The Morgan fingerprint density at radius 1 is 1.08 bits per heavy atom. The molecule has 0 saturated carbocycles. The number of rotatable bonds is 7. The van der Waals surface area contributed by atoms with Crippen LogP contribution in [0.25, 0.3) is 0 Å². The van der Waals surface area contributed by atoms with E-state index in [1.165, 1.54) is 6.07 Å². The highest BCUT2D eigenvalue weighted by Gasteiger charge is 2.17. The lowest BCUT2D eigenvalue weighted by Crippen LogP contribution is -2.24. The van der Waals surface area contributed by atoms with Gasteiger partial charge in [0.15, 0.2) is 0 Å². The first-order chi connectivity index (χ1) is 12.1. The summed E-state index contributed by atoms with van der Waals surface area (Å²) in [5, 5.41) is 7.23. The predicted octanol–water partition coefficient (Wildman–Crippen LogP) is 3.35. The van der Waals surface area contributed by atoms with Gasteiger partial charge in [-0.05, 0) is 23.2 Å². The lowest BCUT2D eigenvalue weighted by molar-refractivity contribution is 0.355. The molecule has 1 atom stereocenters. The molecular weight excluding hydrogens is 319 g/mol. The van der Waals surface area contributed by atoms with Gasteiger partial charge in [-0.15, -0.1) is 0 Å². The molecule has 0 fully saturated rings. The molecule has 0 saturated heterocycles. The van der Waals surface area contributed by atoms with Crippen LogP contribution in [0.5, 0.6) is 0 Å². The third-order valence-electron chi connectivity index (χ3n) is 3.92. The number of aromatic nitrogens is 2. The highest BCUT2D eigenvalue weighted by Crippen LogP contribution is 2.22. The van der Waals surface area contributed by atoms with Gasteiger partial charge in [0.05, 0.1) is 6.54 Å². The van der Waals surface area contributed by atoms with Crippen LogP contribution in [0.15, 0.2) is 59.1 Å². The van der Waals surface area contributed by atoms with E-state index in [9.17, 15) is 4.39 Å². The average molecular weight is 340 g/mol. The van der Waals surface area contributed by atoms with Gasteiger partial charge in [-0.2, -0.15) is 4.98 Å². The van der Waals surface area contributed by atoms with E-state index >= 15 is 0 Å². The average Bonchev–Trinajstić information content (AvgIpc) is 3.09. The first-order valence-corrected chi connectivity index (χ1v) is 8.15. The van der Waals surface area contributed by atoms with E-state index in [1.807, 2.05) is 50.5 Å². The molecule has 0 radical (unpaired) electrons. The van der Waals surface area contributed by atoms with Gasteiger partial charge in [-0.25, -0.2) is 4.39 Å². The van der Waals surface area contributed by atoms with Crippen LogP contribution in [0, 0.1) is 5.82 Å². The highest BCUT2D eigenvalue weighted by molar-refractivity contribution is 5.26. The van der Waals surface area contributed by atoms with Gasteiger partial charge in [-0.1, -0.05) is 48.5 Å². The lowest BCUT2D eigenvalue weighted by Gasteiger charge is -2.19. The van der Waals surface area contributed by atoms with Crippen LogP contribution in [0.2, 0.25) is 0 Å². The molecule has 0 bridgehead atoms. The Labute approximate surface area is 146 Å². The summed E-state index contributed by atoms with van der Waals surface area (Å²) < 4.78 is 19.5. The first kappa shape index (κ1) is 17.1. The van der Waals surface area contributed by atoms with E-state index in [2.05, 4.69) is 15.5 Å².